The molecule has 0 radical (unpaired) electrons. The molecule has 1 unspecified atom stereocenters. The lowest BCUT2D eigenvalue weighted by molar-refractivity contribution is 0.0143. The molecule has 1 atom stereocenters. The van der Waals surface area contributed by atoms with Crippen LogP contribution in [0.4, 0.5) is 8.78 Å². The maximum Gasteiger partial charge on any atom is 0.261 e. The fourth-order valence-electron chi connectivity index (χ4n) is 2.18. The van der Waals surface area contributed by atoms with Crippen LogP contribution >= 0.6 is 0 Å². The average molecular weight is 279 g/mol. The number of unbranched alkanes of at least 4 members (excludes halogenated alkanes) is 6. The van der Waals surface area contributed by atoms with Gasteiger partial charge in [-0.1, -0.05) is 51.9 Å². The van der Waals surface area contributed by atoms with E-state index in [0.29, 0.717) is 12.6 Å². The van der Waals surface area contributed by atoms with Gasteiger partial charge in [0, 0.05) is 12.6 Å². The van der Waals surface area contributed by atoms with Crippen LogP contribution in [0.15, 0.2) is 0 Å². The van der Waals surface area contributed by atoms with E-state index in [-0.39, 0.29) is 0 Å². The molecule has 0 aromatic heterocycles. The number of nitrogens with one attached hydrogen (secondary N) is 1. The van der Waals surface area contributed by atoms with Crippen molar-refractivity contribution in [2.24, 2.45) is 0 Å². The monoisotopic (exact) mass is 279 g/mol. The van der Waals surface area contributed by atoms with Crippen LogP contribution in [-0.2, 0) is 4.74 Å². The summed E-state index contributed by atoms with van der Waals surface area (Å²) in [5, 5.41) is 3.23. The SMILES string of the molecule is CCCCCCCCCC(CCOCC(F)F)NC. The fourth-order valence-corrected chi connectivity index (χ4v) is 2.18. The van der Waals surface area contributed by atoms with Crippen molar-refractivity contribution in [2.45, 2.75) is 77.2 Å². The molecule has 0 aliphatic carbocycles. The zero-order valence-corrected chi connectivity index (χ0v) is 12.6. The largest absolute Gasteiger partial charge is 0.375 e. The maximum atomic E-state index is 11.9. The van der Waals surface area contributed by atoms with Gasteiger partial charge in [0.15, 0.2) is 0 Å². The van der Waals surface area contributed by atoms with Crippen molar-refractivity contribution < 1.29 is 13.5 Å². The average Bonchev–Trinajstić information content (AvgIpc) is 2.39. The van der Waals surface area contributed by atoms with Gasteiger partial charge in [0.05, 0.1) is 0 Å². The van der Waals surface area contributed by atoms with Crippen LogP contribution in [0.3, 0.4) is 0 Å². The smallest absolute Gasteiger partial charge is 0.261 e. The Bertz CT molecular complexity index is 180. The molecule has 116 valence electrons. The molecule has 2 nitrogen and oxygen atoms in total. The van der Waals surface area contributed by atoms with Crippen LogP contribution in [0.5, 0.6) is 0 Å². The first-order valence-corrected chi connectivity index (χ1v) is 7.73. The molecular weight excluding hydrogens is 248 g/mol. The Morgan fingerprint density at radius 2 is 1.58 bits per heavy atom. The third-order valence-electron chi connectivity index (χ3n) is 3.42. The number of alkyl halides is 2. The Hall–Kier alpha value is -0.220. The summed E-state index contributed by atoms with van der Waals surface area (Å²) < 4.78 is 28.7. The summed E-state index contributed by atoms with van der Waals surface area (Å²) in [6, 6.07) is 0.397. The van der Waals surface area contributed by atoms with Crippen LogP contribution < -0.4 is 5.32 Å². The summed E-state index contributed by atoms with van der Waals surface area (Å²) in [5.74, 6) is 0. The summed E-state index contributed by atoms with van der Waals surface area (Å²) in [6.45, 7) is 2.22. The molecule has 0 fully saturated rings. The summed E-state index contributed by atoms with van der Waals surface area (Å²) in [4.78, 5) is 0. The Morgan fingerprint density at radius 3 is 2.16 bits per heavy atom. The Morgan fingerprint density at radius 1 is 0.947 bits per heavy atom. The first-order valence-electron chi connectivity index (χ1n) is 7.73. The van der Waals surface area contributed by atoms with E-state index in [0.717, 1.165) is 12.8 Å². The Kier molecular flexibility index (Phi) is 14.0. The Labute approximate surface area is 117 Å². The number of hydrogen-bond donors (Lipinski definition) is 1. The van der Waals surface area contributed by atoms with Gasteiger partial charge < -0.3 is 10.1 Å². The van der Waals surface area contributed by atoms with E-state index in [4.69, 9.17) is 4.74 Å². The molecule has 0 aliphatic rings. The van der Waals surface area contributed by atoms with E-state index < -0.39 is 13.0 Å². The van der Waals surface area contributed by atoms with Crippen LogP contribution in [0.1, 0.15) is 64.7 Å². The predicted octanol–water partition coefficient (Wildman–Crippen LogP) is 4.39. The summed E-state index contributed by atoms with van der Waals surface area (Å²) in [7, 11) is 1.93. The molecule has 19 heavy (non-hydrogen) atoms. The minimum atomic E-state index is -2.35. The number of ether oxygens (including phenoxy) is 1. The van der Waals surface area contributed by atoms with E-state index >= 15 is 0 Å². The van der Waals surface area contributed by atoms with Crippen LogP contribution in [-0.4, -0.2) is 32.7 Å². The summed E-state index contributed by atoms with van der Waals surface area (Å²) in [6.07, 6.45) is 8.73. The van der Waals surface area contributed by atoms with Crippen molar-refractivity contribution in [3.63, 3.8) is 0 Å². The zero-order valence-electron chi connectivity index (χ0n) is 12.6. The highest BCUT2D eigenvalue weighted by atomic mass is 19.3. The maximum absolute atomic E-state index is 11.9. The van der Waals surface area contributed by atoms with Gasteiger partial charge in [-0.05, 0) is 19.9 Å². The predicted molar refractivity (Wildman–Crippen MR) is 76.9 cm³/mol. The molecule has 4 heteroatoms. The highest BCUT2D eigenvalue weighted by molar-refractivity contribution is 4.64. The van der Waals surface area contributed by atoms with Crippen molar-refractivity contribution in [2.75, 3.05) is 20.3 Å². The lowest BCUT2D eigenvalue weighted by atomic mass is 10.0. The molecule has 0 aromatic rings. The molecule has 0 aromatic carbocycles. The molecule has 0 saturated carbocycles. The summed E-state index contributed by atoms with van der Waals surface area (Å²) in [5.41, 5.74) is 0. The Balaban J connectivity index is 3.33. The van der Waals surface area contributed by atoms with Gasteiger partial charge in [-0.3, -0.25) is 0 Å². The molecule has 0 heterocycles. The van der Waals surface area contributed by atoms with Crippen molar-refractivity contribution >= 4 is 0 Å². The van der Waals surface area contributed by atoms with Crippen molar-refractivity contribution in [3.8, 4) is 0 Å². The second kappa shape index (κ2) is 14.2. The molecule has 0 rings (SSSR count). The standard InChI is InChI=1S/C15H31F2NO/c1-3-4-5-6-7-8-9-10-14(18-2)11-12-19-13-15(16)17/h14-15,18H,3-13H2,1-2H3. The quantitative estimate of drug-likeness (QED) is 0.476. The molecule has 0 bridgehead atoms. The molecule has 0 aliphatic heterocycles. The van der Waals surface area contributed by atoms with Gasteiger partial charge in [0.1, 0.15) is 6.61 Å². The number of rotatable bonds is 14. The van der Waals surface area contributed by atoms with E-state index in [1.165, 1.54) is 44.9 Å². The van der Waals surface area contributed by atoms with E-state index in [9.17, 15) is 8.78 Å². The van der Waals surface area contributed by atoms with Gasteiger partial charge in [0.25, 0.3) is 6.43 Å². The lowest BCUT2D eigenvalue weighted by Crippen LogP contribution is -2.27. The van der Waals surface area contributed by atoms with Crippen LogP contribution in [0, 0.1) is 0 Å². The molecular formula is C15H31F2NO. The van der Waals surface area contributed by atoms with E-state index in [1.54, 1.807) is 0 Å². The van der Waals surface area contributed by atoms with Crippen molar-refractivity contribution in [1.29, 1.82) is 0 Å². The highest BCUT2D eigenvalue weighted by Crippen LogP contribution is 2.11. The number of hydrogen-bond acceptors (Lipinski definition) is 2. The van der Waals surface area contributed by atoms with Gasteiger partial charge in [0.2, 0.25) is 0 Å². The van der Waals surface area contributed by atoms with Crippen LogP contribution in [0.2, 0.25) is 0 Å². The normalized spacial score (nSPS) is 13.1. The molecule has 0 spiro atoms. The second-order valence-electron chi connectivity index (χ2n) is 5.15. The highest BCUT2D eigenvalue weighted by Gasteiger charge is 2.07. The fraction of sp³-hybridized carbons (Fsp3) is 1.00. The van der Waals surface area contributed by atoms with E-state index in [2.05, 4.69) is 12.2 Å². The molecule has 1 N–H and O–H groups in total. The first-order chi connectivity index (χ1) is 9.20. The van der Waals surface area contributed by atoms with Crippen molar-refractivity contribution in [1.82, 2.24) is 5.32 Å². The third-order valence-corrected chi connectivity index (χ3v) is 3.42. The minimum Gasteiger partial charge on any atom is -0.375 e. The zero-order chi connectivity index (χ0) is 14.3. The van der Waals surface area contributed by atoms with Crippen molar-refractivity contribution in [3.05, 3.63) is 0 Å². The van der Waals surface area contributed by atoms with Gasteiger partial charge >= 0.3 is 0 Å². The lowest BCUT2D eigenvalue weighted by Gasteiger charge is -2.16. The topological polar surface area (TPSA) is 21.3 Å². The third kappa shape index (κ3) is 14.0. The summed E-state index contributed by atoms with van der Waals surface area (Å²) >= 11 is 0. The van der Waals surface area contributed by atoms with E-state index in [1.807, 2.05) is 7.05 Å². The van der Waals surface area contributed by atoms with Gasteiger partial charge in [-0.25, -0.2) is 8.78 Å². The first kappa shape index (κ1) is 18.8. The van der Waals surface area contributed by atoms with Gasteiger partial charge in [-0.15, -0.1) is 0 Å². The molecule has 0 amide bonds. The minimum absolute atomic E-state index is 0.397. The van der Waals surface area contributed by atoms with Crippen LogP contribution in [0.25, 0.3) is 0 Å². The van der Waals surface area contributed by atoms with Gasteiger partial charge in [-0.2, -0.15) is 0 Å². The molecule has 0 saturated heterocycles. The second-order valence-corrected chi connectivity index (χ2v) is 5.15. The number of halogens is 2.